The number of nitrogens with two attached hydrogens (primary N) is 1. The smallest absolute Gasteiger partial charge is 0.290 e. The van der Waals surface area contributed by atoms with Gasteiger partial charge in [-0.05, 0) is 31.1 Å². The average Bonchev–Trinajstić information content (AvgIpc) is 2.97. The van der Waals surface area contributed by atoms with Crippen LogP contribution >= 0.6 is 0 Å². The van der Waals surface area contributed by atoms with E-state index in [2.05, 4.69) is 6.58 Å². The molecule has 0 spiro atoms. The van der Waals surface area contributed by atoms with Crippen LogP contribution in [0, 0.1) is 5.41 Å². The van der Waals surface area contributed by atoms with Gasteiger partial charge in [0.2, 0.25) is 0 Å². The summed E-state index contributed by atoms with van der Waals surface area (Å²) in [7, 11) is 0. The minimum Gasteiger partial charge on any atom is -0.384 e. The number of nitrogens with zero attached hydrogens (tertiary/aromatic N) is 1. The van der Waals surface area contributed by atoms with E-state index < -0.39 is 18.2 Å². The van der Waals surface area contributed by atoms with Gasteiger partial charge in [0, 0.05) is 29.6 Å². The van der Waals surface area contributed by atoms with E-state index in [-0.39, 0.29) is 5.84 Å². The lowest BCUT2D eigenvalue weighted by Crippen LogP contribution is -2.17. The maximum absolute atomic E-state index is 13.8. The van der Waals surface area contributed by atoms with Crippen LogP contribution in [-0.4, -0.2) is 23.0 Å². The van der Waals surface area contributed by atoms with Crippen LogP contribution in [0.1, 0.15) is 25.1 Å². The maximum Gasteiger partial charge on any atom is 0.290 e. The molecule has 0 aliphatic carbocycles. The Bertz CT molecular complexity index is 709. The molecule has 0 aromatic carbocycles. The zero-order valence-electron chi connectivity index (χ0n) is 14.5. The number of hydrogen-bond donors (Lipinski definition) is 2. The number of hydrogen-bond acceptors (Lipinski definition) is 1. The summed E-state index contributed by atoms with van der Waals surface area (Å²) in [6, 6.07) is 1.81. The Balaban J connectivity index is 3.14. The second-order valence-electron chi connectivity index (χ2n) is 5.51. The summed E-state index contributed by atoms with van der Waals surface area (Å²) in [5, 5.41) is 7.51. The monoisotopic (exact) mass is 351 g/mol. The van der Waals surface area contributed by atoms with Crippen molar-refractivity contribution >= 4 is 5.84 Å². The summed E-state index contributed by atoms with van der Waals surface area (Å²) in [5.41, 5.74) is 7.08. The van der Waals surface area contributed by atoms with Crippen LogP contribution in [0.5, 0.6) is 0 Å². The highest BCUT2D eigenvalue weighted by Crippen LogP contribution is 2.26. The first-order valence-corrected chi connectivity index (χ1v) is 7.92. The molecule has 25 heavy (non-hydrogen) atoms. The molecule has 0 atom stereocenters. The quantitative estimate of drug-likeness (QED) is 0.291. The zero-order chi connectivity index (χ0) is 19.0. The predicted octanol–water partition coefficient (Wildman–Crippen LogP) is 4.55. The third kappa shape index (κ3) is 5.52. The van der Waals surface area contributed by atoms with Crippen LogP contribution in [0.2, 0.25) is 0 Å². The molecule has 0 aliphatic heterocycles. The number of amidine groups is 1. The summed E-state index contributed by atoms with van der Waals surface area (Å²) in [4.78, 5) is 0. The van der Waals surface area contributed by atoms with Crippen LogP contribution < -0.4 is 5.73 Å². The molecule has 6 heteroatoms. The van der Waals surface area contributed by atoms with Crippen LogP contribution in [0.25, 0.3) is 0 Å². The summed E-state index contributed by atoms with van der Waals surface area (Å²) >= 11 is 0. The fourth-order valence-electron chi connectivity index (χ4n) is 2.30. The molecule has 1 rings (SSSR count). The third-order valence-electron chi connectivity index (χ3n) is 3.72. The topological polar surface area (TPSA) is 54.8 Å². The molecular weight excluding hydrogens is 327 g/mol. The summed E-state index contributed by atoms with van der Waals surface area (Å²) in [6.07, 6.45) is 8.38. The standard InChI is InChI=1S/C19H24F3N3/c1-4-9-19(21,22)16(11-20)8-7-14(5-2)12-25-13-15(18(23)24)10-17(25)6-3/h4-5,7-10,13H,2,6,11-12H2,1,3H3,(H3,23,24). The van der Waals surface area contributed by atoms with Crippen molar-refractivity contribution in [2.75, 3.05) is 6.67 Å². The Morgan fingerprint density at radius 3 is 2.56 bits per heavy atom. The van der Waals surface area contributed by atoms with E-state index in [0.29, 0.717) is 23.8 Å². The summed E-state index contributed by atoms with van der Waals surface area (Å²) < 4.78 is 42.4. The fraction of sp³-hybridized carbons (Fsp3) is 0.316. The van der Waals surface area contributed by atoms with E-state index in [9.17, 15) is 13.2 Å². The Labute approximate surface area is 146 Å². The Kier molecular flexibility index (Phi) is 7.48. The molecule has 0 fully saturated rings. The van der Waals surface area contributed by atoms with Gasteiger partial charge in [0.1, 0.15) is 12.5 Å². The molecule has 0 aliphatic rings. The van der Waals surface area contributed by atoms with E-state index in [0.717, 1.165) is 18.2 Å². The van der Waals surface area contributed by atoms with Crippen LogP contribution in [0.4, 0.5) is 13.2 Å². The molecule has 0 radical (unpaired) electrons. The second-order valence-corrected chi connectivity index (χ2v) is 5.51. The van der Waals surface area contributed by atoms with Gasteiger partial charge in [0.15, 0.2) is 0 Å². The molecule has 0 saturated carbocycles. The van der Waals surface area contributed by atoms with Crippen molar-refractivity contribution in [3.63, 3.8) is 0 Å². The van der Waals surface area contributed by atoms with Gasteiger partial charge in [-0.15, -0.1) is 0 Å². The normalized spacial score (nSPS) is 13.5. The number of alkyl halides is 3. The van der Waals surface area contributed by atoms with E-state index in [4.69, 9.17) is 11.1 Å². The van der Waals surface area contributed by atoms with Crippen molar-refractivity contribution in [2.45, 2.75) is 32.7 Å². The lowest BCUT2D eigenvalue weighted by atomic mass is 10.1. The van der Waals surface area contributed by atoms with Crippen LogP contribution in [0.15, 0.2) is 60.4 Å². The number of halogens is 3. The Morgan fingerprint density at radius 2 is 2.08 bits per heavy atom. The largest absolute Gasteiger partial charge is 0.384 e. The van der Waals surface area contributed by atoms with Gasteiger partial charge in [-0.2, -0.15) is 8.78 Å². The van der Waals surface area contributed by atoms with E-state index in [1.165, 1.54) is 25.2 Å². The molecule has 1 aromatic rings. The van der Waals surface area contributed by atoms with Crippen molar-refractivity contribution in [2.24, 2.45) is 5.73 Å². The molecule has 0 bridgehead atoms. The maximum atomic E-state index is 13.8. The Morgan fingerprint density at radius 1 is 1.40 bits per heavy atom. The molecular formula is C19H24F3N3. The number of rotatable bonds is 9. The third-order valence-corrected chi connectivity index (χ3v) is 3.72. The van der Waals surface area contributed by atoms with Crippen molar-refractivity contribution in [1.82, 2.24) is 4.57 Å². The van der Waals surface area contributed by atoms with E-state index in [1.54, 1.807) is 6.20 Å². The lowest BCUT2D eigenvalue weighted by molar-refractivity contribution is 0.0897. The van der Waals surface area contributed by atoms with Gasteiger partial charge in [0.25, 0.3) is 5.92 Å². The SMILES string of the molecule is C=CC(=CC=C(CF)C(F)(F)C=CC)Cn1cc(C(=N)N)cc1CC. The Hall–Kier alpha value is -2.50. The first-order chi connectivity index (χ1) is 11.8. The molecule has 0 saturated heterocycles. The average molecular weight is 351 g/mol. The molecule has 0 unspecified atom stereocenters. The number of aromatic nitrogens is 1. The highest BCUT2D eigenvalue weighted by Gasteiger charge is 2.29. The van der Waals surface area contributed by atoms with Gasteiger partial charge in [-0.1, -0.05) is 37.8 Å². The minimum absolute atomic E-state index is 0.0387. The molecule has 1 heterocycles. The molecule has 136 valence electrons. The van der Waals surface area contributed by atoms with Crippen LogP contribution in [-0.2, 0) is 13.0 Å². The van der Waals surface area contributed by atoms with Gasteiger partial charge in [-0.25, -0.2) is 4.39 Å². The molecule has 0 amide bonds. The second kappa shape index (κ2) is 9.11. The van der Waals surface area contributed by atoms with Crippen molar-refractivity contribution in [1.29, 1.82) is 5.41 Å². The van der Waals surface area contributed by atoms with E-state index >= 15 is 0 Å². The van der Waals surface area contributed by atoms with Crippen molar-refractivity contribution in [3.05, 3.63) is 71.6 Å². The summed E-state index contributed by atoms with van der Waals surface area (Å²) in [6.45, 7) is 6.23. The fourth-order valence-corrected chi connectivity index (χ4v) is 2.30. The predicted molar refractivity (Wildman–Crippen MR) is 96.9 cm³/mol. The molecule has 3 N–H and O–H groups in total. The number of allylic oxidation sites excluding steroid dienone is 7. The number of nitrogen functional groups attached to an aromatic ring is 1. The number of aryl methyl sites for hydroxylation is 1. The highest BCUT2D eigenvalue weighted by atomic mass is 19.3. The zero-order valence-corrected chi connectivity index (χ0v) is 14.5. The first kappa shape index (κ1) is 20.5. The lowest BCUT2D eigenvalue weighted by Gasteiger charge is -2.13. The number of nitrogens with one attached hydrogen (secondary N) is 1. The van der Waals surface area contributed by atoms with E-state index in [1.807, 2.05) is 17.6 Å². The first-order valence-electron chi connectivity index (χ1n) is 7.92. The molecule has 3 nitrogen and oxygen atoms in total. The van der Waals surface area contributed by atoms with Crippen molar-refractivity contribution < 1.29 is 13.2 Å². The highest BCUT2D eigenvalue weighted by molar-refractivity contribution is 5.95. The van der Waals surface area contributed by atoms with Gasteiger partial charge >= 0.3 is 0 Å². The van der Waals surface area contributed by atoms with Gasteiger partial charge < -0.3 is 10.3 Å². The van der Waals surface area contributed by atoms with Gasteiger partial charge in [0.05, 0.1) is 0 Å². The van der Waals surface area contributed by atoms with Crippen LogP contribution in [0.3, 0.4) is 0 Å². The molecule has 1 aromatic heterocycles. The van der Waals surface area contributed by atoms with Crippen molar-refractivity contribution in [3.8, 4) is 0 Å². The van der Waals surface area contributed by atoms with Gasteiger partial charge in [-0.3, -0.25) is 5.41 Å². The minimum atomic E-state index is -3.32. The summed E-state index contributed by atoms with van der Waals surface area (Å²) in [5.74, 6) is -3.36.